The first-order valence-electron chi connectivity index (χ1n) is 5.66. The zero-order chi connectivity index (χ0) is 13.8. The van der Waals surface area contributed by atoms with E-state index in [9.17, 15) is 5.11 Å². The van der Waals surface area contributed by atoms with Gasteiger partial charge >= 0.3 is 0 Å². The third-order valence-electron chi connectivity index (χ3n) is 2.77. The molecule has 0 bridgehead atoms. The van der Waals surface area contributed by atoms with Crippen LogP contribution in [-0.2, 0) is 0 Å². The number of aromatic nitrogens is 1. The fourth-order valence-electron chi connectivity index (χ4n) is 1.79. The normalized spacial score (nSPS) is 12.0. The average molecular weight is 324 g/mol. The standard InChI is InChI=1S/C14H14BrNO3/c1-18-12-4-3-9(6-13(12)19-2)14(17)10-5-11(15)8-16-7-10/h3-8,14,17H,1-2H3. The van der Waals surface area contributed by atoms with E-state index >= 15 is 0 Å². The van der Waals surface area contributed by atoms with Crippen LogP contribution in [0.4, 0.5) is 0 Å². The quantitative estimate of drug-likeness (QED) is 0.939. The predicted molar refractivity (Wildman–Crippen MR) is 75.5 cm³/mol. The summed E-state index contributed by atoms with van der Waals surface area (Å²) >= 11 is 3.34. The van der Waals surface area contributed by atoms with Gasteiger partial charge in [0.15, 0.2) is 11.5 Å². The molecule has 0 saturated carbocycles. The van der Waals surface area contributed by atoms with E-state index in [1.54, 1.807) is 44.8 Å². The Kier molecular flexibility index (Phi) is 4.39. The SMILES string of the molecule is COc1ccc(C(O)c2cncc(Br)c2)cc1OC. The van der Waals surface area contributed by atoms with Gasteiger partial charge in [-0.2, -0.15) is 0 Å². The Morgan fingerprint density at radius 1 is 1.05 bits per heavy atom. The Morgan fingerprint density at radius 2 is 1.79 bits per heavy atom. The smallest absolute Gasteiger partial charge is 0.161 e. The number of aliphatic hydroxyl groups is 1. The van der Waals surface area contributed by atoms with Gasteiger partial charge in [-0.25, -0.2) is 0 Å². The first kappa shape index (κ1) is 13.8. The van der Waals surface area contributed by atoms with E-state index in [0.717, 1.165) is 10.0 Å². The summed E-state index contributed by atoms with van der Waals surface area (Å²) in [4.78, 5) is 4.04. The molecule has 0 amide bonds. The number of methoxy groups -OCH3 is 2. The van der Waals surface area contributed by atoms with E-state index in [0.29, 0.717) is 17.1 Å². The summed E-state index contributed by atoms with van der Waals surface area (Å²) in [5.74, 6) is 1.22. The molecule has 0 aliphatic heterocycles. The third-order valence-corrected chi connectivity index (χ3v) is 3.20. The molecule has 1 aromatic carbocycles. The number of rotatable bonds is 4. The lowest BCUT2D eigenvalue weighted by atomic mass is 10.0. The molecule has 0 spiro atoms. The van der Waals surface area contributed by atoms with Crippen molar-refractivity contribution in [3.63, 3.8) is 0 Å². The van der Waals surface area contributed by atoms with Crippen LogP contribution in [0.3, 0.4) is 0 Å². The number of nitrogens with zero attached hydrogens (tertiary/aromatic N) is 1. The largest absolute Gasteiger partial charge is 0.493 e. The number of benzene rings is 1. The van der Waals surface area contributed by atoms with Gasteiger partial charge in [0.2, 0.25) is 0 Å². The van der Waals surface area contributed by atoms with Crippen molar-refractivity contribution in [2.75, 3.05) is 14.2 Å². The molecule has 0 aliphatic rings. The van der Waals surface area contributed by atoms with Gasteiger partial charge < -0.3 is 14.6 Å². The van der Waals surface area contributed by atoms with Crippen LogP contribution < -0.4 is 9.47 Å². The van der Waals surface area contributed by atoms with Gasteiger partial charge in [0.25, 0.3) is 0 Å². The van der Waals surface area contributed by atoms with Crippen molar-refractivity contribution in [2.24, 2.45) is 0 Å². The summed E-state index contributed by atoms with van der Waals surface area (Å²) in [6.45, 7) is 0. The van der Waals surface area contributed by atoms with Crippen molar-refractivity contribution in [2.45, 2.75) is 6.10 Å². The van der Waals surface area contributed by atoms with E-state index in [1.165, 1.54) is 0 Å². The minimum Gasteiger partial charge on any atom is -0.493 e. The van der Waals surface area contributed by atoms with Gasteiger partial charge in [-0.05, 0) is 39.7 Å². The molecule has 100 valence electrons. The van der Waals surface area contributed by atoms with Crippen molar-refractivity contribution in [3.05, 3.63) is 52.3 Å². The van der Waals surface area contributed by atoms with Gasteiger partial charge in [-0.3, -0.25) is 4.98 Å². The van der Waals surface area contributed by atoms with Gasteiger partial charge in [0.05, 0.1) is 14.2 Å². The summed E-state index contributed by atoms with van der Waals surface area (Å²) in [7, 11) is 3.14. The molecule has 2 rings (SSSR count). The molecule has 5 heteroatoms. The zero-order valence-corrected chi connectivity index (χ0v) is 12.2. The molecular formula is C14H14BrNO3. The first-order valence-corrected chi connectivity index (χ1v) is 6.45. The van der Waals surface area contributed by atoms with Crippen LogP contribution in [0.2, 0.25) is 0 Å². The third kappa shape index (κ3) is 3.05. The molecule has 4 nitrogen and oxygen atoms in total. The highest BCUT2D eigenvalue weighted by atomic mass is 79.9. The van der Waals surface area contributed by atoms with Crippen LogP contribution in [0, 0.1) is 0 Å². The van der Waals surface area contributed by atoms with E-state index in [1.807, 2.05) is 6.07 Å². The highest BCUT2D eigenvalue weighted by Crippen LogP contribution is 2.32. The lowest BCUT2D eigenvalue weighted by Gasteiger charge is -2.14. The number of hydrogen-bond acceptors (Lipinski definition) is 4. The van der Waals surface area contributed by atoms with Crippen LogP contribution in [0.15, 0.2) is 41.1 Å². The molecule has 1 atom stereocenters. The average Bonchev–Trinajstić information content (AvgIpc) is 2.45. The Labute approximate surface area is 120 Å². The van der Waals surface area contributed by atoms with Crippen LogP contribution >= 0.6 is 15.9 Å². The molecule has 1 unspecified atom stereocenters. The maximum absolute atomic E-state index is 10.3. The molecule has 1 heterocycles. The predicted octanol–water partition coefficient (Wildman–Crippen LogP) is 2.94. The second-order valence-electron chi connectivity index (χ2n) is 3.95. The lowest BCUT2D eigenvalue weighted by molar-refractivity contribution is 0.219. The van der Waals surface area contributed by atoms with Crippen molar-refractivity contribution < 1.29 is 14.6 Å². The summed E-state index contributed by atoms with van der Waals surface area (Å²) in [5, 5.41) is 10.3. The Morgan fingerprint density at radius 3 is 2.42 bits per heavy atom. The molecule has 0 saturated heterocycles. The van der Waals surface area contributed by atoms with E-state index in [-0.39, 0.29) is 0 Å². The second-order valence-corrected chi connectivity index (χ2v) is 4.87. The Bertz CT molecular complexity index is 574. The van der Waals surface area contributed by atoms with E-state index in [2.05, 4.69) is 20.9 Å². The lowest BCUT2D eigenvalue weighted by Crippen LogP contribution is -2.01. The van der Waals surface area contributed by atoms with Crippen LogP contribution in [0.5, 0.6) is 11.5 Å². The van der Waals surface area contributed by atoms with Crippen molar-refractivity contribution in [1.82, 2.24) is 4.98 Å². The van der Waals surface area contributed by atoms with Crippen molar-refractivity contribution in [1.29, 1.82) is 0 Å². The minimum atomic E-state index is -0.759. The summed E-state index contributed by atoms with van der Waals surface area (Å²) in [6.07, 6.45) is 2.54. The van der Waals surface area contributed by atoms with E-state index in [4.69, 9.17) is 9.47 Å². The number of halogens is 1. The molecule has 0 fully saturated rings. The molecule has 0 radical (unpaired) electrons. The zero-order valence-electron chi connectivity index (χ0n) is 10.6. The number of hydrogen-bond donors (Lipinski definition) is 1. The topological polar surface area (TPSA) is 51.6 Å². The molecule has 19 heavy (non-hydrogen) atoms. The number of aliphatic hydroxyl groups excluding tert-OH is 1. The van der Waals surface area contributed by atoms with Gasteiger partial charge in [0, 0.05) is 22.4 Å². The molecule has 0 aliphatic carbocycles. The van der Waals surface area contributed by atoms with Gasteiger partial charge in [-0.1, -0.05) is 6.07 Å². The van der Waals surface area contributed by atoms with Gasteiger partial charge in [0.1, 0.15) is 6.10 Å². The fraction of sp³-hybridized carbons (Fsp3) is 0.214. The van der Waals surface area contributed by atoms with Crippen molar-refractivity contribution in [3.8, 4) is 11.5 Å². The maximum atomic E-state index is 10.3. The molecule has 1 aromatic heterocycles. The summed E-state index contributed by atoms with van der Waals surface area (Å²) in [6, 6.07) is 7.15. The fourth-order valence-corrected chi connectivity index (χ4v) is 2.18. The molecule has 1 N–H and O–H groups in total. The number of ether oxygens (including phenoxy) is 2. The maximum Gasteiger partial charge on any atom is 0.161 e. The van der Waals surface area contributed by atoms with Gasteiger partial charge in [-0.15, -0.1) is 0 Å². The Balaban J connectivity index is 2.36. The summed E-state index contributed by atoms with van der Waals surface area (Å²) in [5.41, 5.74) is 1.43. The Hall–Kier alpha value is -1.59. The molecule has 2 aromatic rings. The highest BCUT2D eigenvalue weighted by molar-refractivity contribution is 9.10. The molecular weight excluding hydrogens is 310 g/mol. The minimum absolute atomic E-state index is 0.585. The van der Waals surface area contributed by atoms with Crippen LogP contribution in [-0.4, -0.2) is 24.3 Å². The van der Waals surface area contributed by atoms with Crippen LogP contribution in [0.25, 0.3) is 0 Å². The summed E-state index contributed by atoms with van der Waals surface area (Å²) < 4.78 is 11.2. The monoisotopic (exact) mass is 323 g/mol. The van der Waals surface area contributed by atoms with Crippen LogP contribution in [0.1, 0.15) is 17.2 Å². The van der Waals surface area contributed by atoms with E-state index < -0.39 is 6.10 Å². The number of pyridine rings is 1. The second kappa shape index (κ2) is 6.04. The highest BCUT2D eigenvalue weighted by Gasteiger charge is 2.14. The van der Waals surface area contributed by atoms with Crippen molar-refractivity contribution >= 4 is 15.9 Å². The first-order chi connectivity index (χ1) is 9.15.